The Kier molecular flexibility index (Phi) is 4.90. The molecule has 4 heteroatoms. The van der Waals surface area contributed by atoms with Gasteiger partial charge in [-0.05, 0) is 50.2 Å². The molecule has 0 radical (unpaired) electrons. The summed E-state index contributed by atoms with van der Waals surface area (Å²) in [6.07, 6.45) is 1.77. The van der Waals surface area contributed by atoms with E-state index in [4.69, 9.17) is 0 Å². The summed E-state index contributed by atoms with van der Waals surface area (Å²) in [6.45, 7) is 1.80. The van der Waals surface area contributed by atoms with E-state index in [0.29, 0.717) is 5.56 Å². The van der Waals surface area contributed by atoms with Crippen LogP contribution in [0.1, 0.15) is 23.2 Å². The predicted molar refractivity (Wildman–Crippen MR) is 56.3 cm³/mol. The fourth-order valence-corrected chi connectivity index (χ4v) is 1.93. The Hall–Kier alpha value is -0.930. The second-order valence-electron chi connectivity index (χ2n) is 3.90. The van der Waals surface area contributed by atoms with Gasteiger partial charge in [0, 0.05) is 11.5 Å². The molecule has 16 heavy (non-hydrogen) atoms. The van der Waals surface area contributed by atoms with Crippen molar-refractivity contribution in [2.45, 2.75) is 12.8 Å². The normalized spacial score (nSPS) is 16.6. The Balaban J connectivity index is 0.00000128. The summed E-state index contributed by atoms with van der Waals surface area (Å²) in [4.78, 5) is 12.0. The summed E-state index contributed by atoms with van der Waals surface area (Å²) in [7, 11) is 0. The monoisotopic (exact) mass is 242 g/mol. The molecule has 1 N–H and O–H groups in total. The zero-order valence-electron chi connectivity index (χ0n) is 8.88. The number of piperidine rings is 1. The molecule has 1 heterocycles. The van der Waals surface area contributed by atoms with E-state index >= 15 is 0 Å². The second kappa shape index (κ2) is 5.97. The fraction of sp³-hybridized carbons (Fsp3) is 0.417. The van der Waals surface area contributed by atoms with Gasteiger partial charge in [-0.15, -0.1) is 0 Å². The van der Waals surface area contributed by atoms with E-state index in [1.807, 2.05) is 0 Å². The smallest absolute Gasteiger partial charge is 0.166 e. The highest BCUT2D eigenvalue weighted by Crippen LogP contribution is 2.18. The molecule has 2 nitrogen and oxygen atoms in total. The molecule has 1 saturated heterocycles. The molecule has 0 amide bonds. The van der Waals surface area contributed by atoms with Crippen molar-refractivity contribution in [1.82, 2.24) is 5.32 Å². The lowest BCUT2D eigenvalue weighted by Gasteiger charge is -2.21. The molecule has 0 spiro atoms. The maximum absolute atomic E-state index is 12.7. The maximum atomic E-state index is 12.7. The quantitative estimate of drug-likeness (QED) is 0.675. The average molecular weight is 243 g/mol. The number of rotatable bonds is 2. The predicted octanol–water partition coefficient (Wildman–Crippen LogP) is -0.988. The van der Waals surface area contributed by atoms with Gasteiger partial charge in [-0.1, -0.05) is 0 Å². The minimum Gasteiger partial charge on any atom is -1.00 e. The zero-order chi connectivity index (χ0) is 10.7. The van der Waals surface area contributed by atoms with Gasteiger partial charge in [-0.2, -0.15) is 0 Å². The first kappa shape index (κ1) is 13.1. The standard InChI is InChI=1S/C12H14FNO.ClH/c13-11-3-1-9(2-4-11)12(15)10-5-7-14-8-6-10;/h1-4,10,14H,5-8H2;1H/p-1. The third kappa shape index (κ3) is 3.03. The van der Waals surface area contributed by atoms with Crippen molar-refractivity contribution in [2.75, 3.05) is 13.1 Å². The Bertz CT molecular complexity index is 347. The molecular weight excluding hydrogens is 229 g/mol. The highest BCUT2D eigenvalue weighted by atomic mass is 35.5. The largest absolute Gasteiger partial charge is 1.00 e. The summed E-state index contributed by atoms with van der Waals surface area (Å²) >= 11 is 0. The van der Waals surface area contributed by atoms with Gasteiger partial charge in [0.15, 0.2) is 5.78 Å². The van der Waals surface area contributed by atoms with Crippen molar-refractivity contribution >= 4 is 5.78 Å². The maximum Gasteiger partial charge on any atom is 0.166 e. The van der Waals surface area contributed by atoms with E-state index in [1.165, 1.54) is 12.1 Å². The minimum atomic E-state index is -0.295. The van der Waals surface area contributed by atoms with Gasteiger partial charge in [-0.25, -0.2) is 4.39 Å². The third-order valence-corrected chi connectivity index (χ3v) is 2.84. The van der Waals surface area contributed by atoms with Crippen LogP contribution < -0.4 is 17.7 Å². The summed E-state index contributed by atoms with van der Waals surface area (Å²) in [5.41, 5.74) is 0.628. The molecule has 0 aliphatic carbocycles. The Morgan fingerprint density at radius 1 is 1.19 bits per heavy atom. The lowest BCUT2D eigenvalue weighted by Crippen LogP contribution is -3.00. The molecule has 0 unspecified atom stereocenters. The number of ketones is 1. The van der Waals surface area contributed by atoms with Gasteiger partial charge in [0.1, 0.15) is 5.82 Å². The number of carbonyl (C=O) groups is 1. The van der Waals surface area contributed by atoms with Gasteiger partial charge in [-0.3, -0.25) is 4.79 Å². The van der Waals surface area contributed by atoms with Crippen molar-refractivity contribution in [3.05, 3.63) is 35.6 Å². The molecule has 1 aliphatic rings. The Labute approximate surface area is 101 Å². The van der Waals surface area contributed by atoms with Gasteiger partial charge in [0.25, 0.3) is 0 Å². The summed E-state index contributed by atoms with van der Waals surface area (Å²) in [5.74, 6) is -0.0370. The molecule has 1 aromatic rings. The first-order chi connectivity index (χ1) is 7.27. The molecule has 0 atom stereocenters. The lowest BCUT2D eigenvalue weighted by atomic mass is 9.90. The van der Waals surface area contributed by atoms with Crippen molar-refractivity contribution in [3.8, 4) is 0 Å². The van der Waals surface area contributed by atoms with Crippen LogP contribution in [-0.2, 0) is 0 Å². The van der Waals surface area contributed by atoms with E-state index in [2.05, 4.69) is 5.32 Å². The van der Waals surface area contributed by atoms with Crippen molar-refractivity contribution in [3.63, 3.8) is 0 Å². The van der Waals surface area contributed by atoms with Crippen molar-refractivity contribution < 1.29 is 21.6 Å². The summed E-state index contributed by atoms with van der Waals surface area (Å²) in [5, 5.41) is 3.22. The molecule has 0 saturated carbocycles. The number of Topliss-reactive ketones (excluding diaryl/α,β-unsaturated/α-hetero) is 1. The molecule has 0 bridgehead atoms. The van der Waals surface area contributed by atoms with E-state index in [1.54, 1.807) is 12.1 Å². The summed E-state index contributed by atoms with van der Waals surface area (Å²) < 4.78 is 12.7. The lowest BCUT2D eigenvalue weighted by molar-refractivity contribution is -0.0000117. The van der Waals surface area contributed by atoms with Gasteiger partial charge in [0.05, 0.1) is 0 Å². The number of hydrogen-bond acceptors (Lipinski definition) is 2. The third-order valence-electron chi connectivity index (χ3n) is 2.84. The summed E-state index contributed by atoms with van der Waals surface area (Å²) in [6, 6.07) is 5.82. The van der Waals surface area contributed by atoms with Gasteiger partial charge < -0.3 is 17.7 Å². The Morgan fingerprint density at radius 3 is 2.31 bits per heavy atom. The number of halogens is 2. The van der Waals surface area contributed by atoms with Gasteiger partial charge >= 0.3 is 0 Å². The number of hydrogen-bond donors (Lipinski definition) is 1. The topological polar surface area (TPSA) is 29.1 Å². The van der Waals surface area contributed by atoms with Crippen molar-refractivity contribution in [1.29, 1.82) is 0 Å². The first-order valence-corrected chi connectivity index (χ1v) is 5.28. The van der Waals surface area contributed by atoms with Crippen LogP contribution >= 0.6 is 0 Å². The van der Waals surface area contributed by atoms with Crippen LogP contribution in [0.15, 0.2) is 24.3 Å². The highest BCUT2D eigenvalue weighted by Gasteiger charge is 2.21. The van der Waals surface area contributed by atoms with Crippen molar-refractivity contribution in [2.24, 2.45) is 5.92 Å². The average Bonchev–Trinajstić information content (AvgIpc) is 2.30. The van der Waals surface area contributed by atoms with E-state index in [-0.39, 0.29) is 29.9 Å². The number of benzene rings is 1. The van der Waals surface area contributed by atoms with Gasteiger partial charge in [0.2, 0.25) is 0 Å². The molecule has 88 valence electrons. The Morgan fingerprint density at radius 2 is 1.75 bits per heavy atom. The number of carbonyl (C=O) groups excluding carboxylic acids is 1. The van der Waals surface area contributed by atoms with Crippen LogP contribution in [0.2, 0.25) is 0 Å². The highest BCUT2D eigenvalue weighted by molar-refractivity contribution is 5.97. The second-order valence-corrected chi connectivity index (χ2v) is 3.90. The van der Waals surface area contributed by atoms with Crippen LogP contribution in [-0.4, -0.2) is 18.9 Å². The van der Waals surface area contributed by atoms with Crippen LogP contribution in [0, 0.1) is 11.7 Å². The fourth-order valence-electron chi connectivity index (χ4n) is 1.93. The molecule has 2 rings (SSSR count). The van der Waals surface area contributed by atoms with Crippen LogP contribution in [0.25, 0.3) is 0 Å². The van der Waals surface area contributed by atoms with Crippen LogP contribution in [0.5, 0.6) is 0 Å². The molecule has 1 aliphatic heterocycles. The van der Waals surface area contributed by atoms with E-state index in [0.717, 1.165) is 25.9 Å². The molecule has 1 aromatic carbocycles. The molecular formula is C12H14ClFNO-. The zero-order valence-corrected chi connectivity index (χ0v) is 9.64. The molecule has 1 fully saturated rings. The van der Waals surface area contributed by atoms with Crippen LogP contribution in [0.3, 0.4) is 0 Å². The molecule has 0 aromatic heterocycles. The minimum absolute atomic E-state index is 0. The van der Waals surface area contributed by atoms with E-state index < -0.39 is 0 Å². The van der Waals surface area contributed by atoms with Crippen LogP contribution in [0.4, 0.5) is 4.39 Å². The SMILES string of the molecule is O=C(c1ccc(F)cc1)C1CCNCC1.[Cl-]. The number of nitrogens with one attached hydrogen (secondary N) is 1. The van der Waals surface area contributed by atoms with E-state index in [9.17, 15) is 9.18 Å². The first-order valence-electron chi connectivity index (χ1n) is 5.28.